The molecule has 0 heterocycles. The highest BCUT2D eigenvalue weighted by molar-refractivity contribution is 5.93. The van der Waals surface area contributed by atoms with E-state index in [0.717, 1.165) is 0 Å². The van der Waals surface area contributed by atoms with Gasteiger partial charge in [-0.2, -0.15) is 5.10 Å². The van der Waals surface area contributed by atoms with E-state index in [-0.39, 0.29) is 12.5 Å². The predicted molar refractivity (Wildman–Crippen MR) is 100 cm³/mol. The zero-order valence-corrected chi connectivity index (χ0v) is 14.9. The molecule has 0 spiro atoms. The lowest BCUT2D eigenvalue weighted by molar-refractivity contribution is -0.118. The number of primary amides is 1. The normalized spacial score (nSPS) is 10.3. The maximum absolute atomic E-state index is 12.1. The van der Waals surface area contributed by atoms with Gasteiger partial charge in [-0.1, -0.05) is 12.1 Å². The molecule has 3 amide bonds. The molecule has 27 heavy (non-hydrogen) atoms. The van der Waals surface area contributed by atoms with Crippen LogP contribution in [0.3, 0.4) is 0 Å². The minimum Gasteiger partial charge on any atom is -0.495 e. The van der Waals surface area contributed by atoms with Crippen molar-refractivity contribution in [2.24, 2.45) is 10.8 Å². The van der Waals surface area contributed by atoms with Gasteiger partial charge in [0, 0.05) is 0 Å². The summed E-state index contributed by atoms with van der Waals surface area (Å²) in [7, 11) is 3.00. The second-order valence-electron chi connectivity index (χ2n) is 5.18. The highest BCUT2D eigenvalue weighted by Crippen LogP contribution is 2.28. The quantitative estimate of drug-likeness (QED) is 0.481. The van der Waals surface area contributed by atoms with Crippen LogP contribution in [-0.4, -0.2) is 39.0 Å². The van der Waals surface area contributed by atoms with E-state index in [1.54, 1.807) is 42.5 Å². The summed E-state index contributed by atoms with van der Waals surface area (Å²) in [5.41, 5.74) is 8.21. The summed E-state index contributed by atoms with van der Waals surface area (Å²) in [6, 6.07) is 11.2. The molecule has 0 unspecified atom stereocenters. The molecule has 2 aromatic rings. The summed E-state index contributed by atoms with van der Waals surface area (Å²) < 4.78 is 16.0. The number of nitrogens with one attached hydrogen (secondary N) is 2. The largest absolute Gasteiger partial charge is 0.495 e. The highest BCUT2D eigenvalue weighted by Gasteiger charge is 2.10. The molecule has 0 aliphatic carbocycles. The summed E-state index contributed by atoms with van der Waals surface area (Å²) in [6.07, 6.45) is 1.39. The number of hydrogen-bond acceptors (Lipinski definition) is 6. The van der Waals surface area contributed by atoms with Crippen LogP contribution >= 0.6 is 0 Å². The number of nitrogens with zero attached hydrogens (tertiary/aromatic N) is 1. The molecule has 0 atom stereocenters. The minimum absolute atomic E-state index is 0.217. The van der Waals surface area contributed by atoms with Crippen LogP contribution in [0.25, 0.3) is 0 Å². The first-order valence-electron chi connectivity index (χ1n) is 7.85. The lowest BCUT2D eigenvalue weighted by Crippen LogP contribution is -2.24. The fourth-order valence-corrected chi connectivity index (χ4v) is 2.13. The Kier molecular flexibility index (Phi) is 7.00. The molecule has 0 aromatic heterocycles. The van der Waals surface area contributed by atoms with Crippen molar-refractivity contribution in [2.75, 3.05) is 26.1 Å². The van der Waals surface area contributed by atoms with Crippen LogP contribution in [0.2, 0.25) is 0 Å². The number of hydrazone groups is 1. The van der Waals surface area contributed by atoms with E-state index < -0.39 is 6.03 Å². The van der Waals surface area contributed by atoms with Crippen molar-refractivity contribution in [2.45, 2.75) is 0 Å². The van der Waals surface area contributed by atoms with E-state index in [0.29, 0.717) is 28.5 Å². The summed E-state index contributed by atoms with van der Waals surface area (Å²) in [6.45, 7) is -0.217. The maximum Gasteiger partial charge on any atom is 0.332 e. The van der Waals surface area contributed by atoms with E-state index in [1.165, 1.54) is 20.4 Å². The first-order valence-corrected chi connectivity index (χ1v) is 7.85. The molecule has 0 fully saturated rings. The first-order chi connectivity index (χ1) is 13.0. The van der Waals surface area contributed by atoms with Crippen LogP contribution in [-0.2, 0) is 4.79 Å². The Morgan fingerprint density at radius 2 is 1.81 bits per heavy atom. The number of rotatable bonds is 8. The van der Waals surface area contributed by atoms with E-state index >= 15 is 0 Å². The first kappa shape index (κ1) is 19.6. The van der Waals surface area contributed by atoms with Crippen molar-refractivity contribution in [1.82, 2.24) is 5.43 Å². The molecular weight excluding hydrogens is 352 g/mol. The number of carbonyl (C=O) groups is 2. The van der Waals surface area contributed by atoms with Gasteiger partial charge in [-0.25, -0.2) is 10.2 Å². The molecule has 0 saturated carbocycles. The van der Waals surface area contributed by atoms with Gasteiger partial charge >= 0.3 is 6.03 Å². The molecule has 2 rings (SSSR count). The Bertz CT molecular complexity index is 838. The minimum atomic E-state index is -0.765. The van der Waals surface area contributed by atoms with E-state index in [2.05, 4.69) is 15.8 Å². The molecule has 142 valence electrons. The fourth-order valence-electron chi connectivity index (χ4n) is 2.13. The van der Waals surface area contributed by atoms with E-state index in [4.69, 9.17) is 19.9 Å². The topological polar surface area (TPSA) is 124 Å². The van der Waals surface area contributed by atoms with Crippen molar-refractivity contribution in [1.29, 1.82) is 0 Å². The third-order valence-electron chi connectivity index (χ3n) is 3.32. The van der Waals surface area contributed by atoms with Gasteiger partial charge < -0.3 is 25.3 Å². The van der Waals surface area contributed by atoms with Crippen molar-refractivity contribution >= 4 is 23.8 Å². The average Bonchev–Trinajstić information content (AvgIpc) is 2.67. The Morgan fingerprint density at radius 3 is 2.52 bits per heavy atom. The molecule has 0 bridgehead atoms. The second kappa shape index (κ2) is 9.66. The SMILES string of the molecule is COc1ccccc1NC(=O)COc1ccc(C=NNC(N)=O)cc1OC. The van der Waals surface area contributed by atoms with Crippen molar-refractivity contribution in [3.8, 4) is 17.2 Å². The molecule has 9 heteroatoms. The third-order valence-corrected chi connectivity index (χ3v) is 3.32. The van der Waals surface area contributed by atoms with Gasteiger partial charge in [-0.3, -0.25) is 4.79 Å². The smallest absolute Gasteiger partial charge is 0.332 e. The lowest BCUT2D eigenvalue weighted by Gasteiger charge is -2.12. The third kappa shape index (κ3) is 5.92. The molecule has 4 N–H and O–H groups in total. The van der Waals surface area contributed by atoms with Crippen molar-refractivity contribution in [3.63, 3.8) is 0 Å². The Balaban J connectivity index is 1.99. The van der Waals surface area contributed by atoms with Crippen molar-refractivity contribution < 1.29 is 23.8 Å². The number of anilines is 1. The fraction of sp³-hybridized carbons (Fsp3) is 0.167. The number of nitrogens with two attached hydrogens (primary N) is 1. The Morgan fingerprint density at radius 1 is 1.07 bits per heavy atom. The number of para-hydroxylation sites is 2. The monoisotopic (exact) mass is 372 g/mol. The maximum atomic E-state index is 12.1. The molecule has 0 aliphatic heterocycles. The summed E-state index contributed by atoms with van der Waals surface area (Å²) in [5, 5.41) is 6.38. The number of carbonyl (C=O) groups excluding carboxylic acids is 2. The number of ether oxygens (including phenoxy) is 3. The van der Waals surface area contributed by atoms with Crippen LogP contribution in [0.5, 0.6) is 17.2 Å². The van der Waals surface area contributed by atoms with E-state index in [1.807, 2.05) is 0 Å². The number of hydrogen-bond donors (Lipinski definition) is 3. The molecule has 2 aromatic carbocycles. The molecular formula is C18H20N4O5. The number of amides is 3. The zero-order chi connectivity index (χ0) is 19.6. The summed E-state index contributed by atoms with van der Waals surface area (Å²) in [5.74, 6) is 0.991. The zero-order valence-electron chi connectivity index (χ0n) is 14.9. The number of benzene rings is 2. The van der Waals surface area contributed by atoms with Gasteiger partial charge in [0.1, 0.15) is 5.75 Å². The highest BCUT2D eigenvalue weighted by atomic mass is 16.5. The van der Waals surface area contributed by atoms with Gasteiger partial charge in [-0.05, 0) is 35.9 Å². The average molecular weight is 372 g/mol. The van der Waals surface area contributed by atoms with Gasteiger partial charge in [0.05, 0.1) is 26.1 Å². The number of urea groups is 1. The number of methoxy groups -OCH3 is 2. The molecule has 0 saturated heterocycles. The molecule has 0 aliphatic rings. The molecule has 9 nitrogen and oxygen atoms in total. The predicted octanol–water partition coefficient (Wildman–Crippen LogP) is 1.72. The van der Waals surface area contributed by atoms with Crippen LogP contribution in [0.1, 0.15) is 5.56 Å². The van der Waals surface area contributed by atoms with Crippen LogP contribution < -0.4 is 30.7 Å². The van der Waals surface area contributed by atoms with Gasteiger partial charge in [0.25, 0.3) is 5.91 Å². The second-order valence-corrected chi connectivity index (χ2v) is 5.18. The summed E-state index contributed by atoms with van der Waals surface area (Å²) >= 11 is 0. The lowest BCUT2D eigenvalue weighted by atomic mass is 10.2. The van der Waals surface area contributed by atoms with Crippen LogP contribution in [0.15, 0.2) is 47.6 Å². The standard InChI is InChI=1S/C18H20N4O5/c1-25-14-6-4-3-5-13(14)21-17(23)11-27-15-8-7-12(9-16(15)26-2)10-20-22-18(19)24/h3-10H,11H2,1-2H3,(H,21,23)(H3,19,22,24). The van der Waals surface area contributed by atoms with Gasteiger partial charge in [-0.15, -0.1) is 0 Å². The van der Waals surface area contributed by atoms with Crippen molar-refractivity contribution in [3.05, 3.63) is 48.0 Å². The van der Waals surface area contributed by atoms with Gasteiger partial charge in [0.2, 0.25) is 0 Å². The molecule has 0 radical (unpaired) electrons. The Hall–Kier alpha value is -3.75. The summed E-state index contributed by atoms with van der Waals surface area (Å²) in [4.78, 5) is 22.7. The van der Waals surface area contributed by atoms with E-state index in [9.17, 15) is 9.59 Å². The Labute approximate surface area is 156 Å². The van der Waals surface area contributed by atoms with Crippen LogP contribution in [0, 0.1) is 0 Å². The van der Waals surface area contributed by atoms with Gasteiger partial charge in [0.15, 0.2) is 18.1 Å². The van der Waals surface area contributed by atoms with Crippen LogP contribution in [0.4, 0.5) is 10.5 Å².